The Morgan fingerprint density at radius 2 is 2.75 bits per heavy atom. The maximum absolute atomic E-state index is 10.8. The molecule has 0 bridgehead atoms. The minimum absolute atomic E-state index is 0.0234. The maximum Gasteiger partial charge on any atom is 0.305 e. The van der Waals surface area contributed by atoms with E-state index in [0.29, 0.717) is 6.42 Å². The quantitative estimate of drug-likeness (QED) is 0.527. The lowest BCUT2D eigenvalue weighted by Crippen LogP contribution is -2.01. The molecule has 0 rings (SSSR count). The van der Waals surface area contributed by atoms with Crippen LogP contribution >= 0.6 is 0 Å². The van der Waals surface area contributed by atoms with E-state index in [2.05, 4.69) is 4.74 Å². The van der Waals surface area contributed by atoms with Crippen molar-refractivity contribution in [2.75, 3.05) is 6.56 Å². The first-order valence-corrected chi connectivity index (χ1v) is 2.42. The molecular formula is C6H12O2. The van der Waals surface area contributed by atoms with Crippen LogP contribution in [-0.2, 0) is 9.53 Å². The summed E-state index contributed by atoms with van der Waals surface area (Å²) in [6.07, 6.45) is 0.519. The van der Waals surface area contributed by atoms with Gasteiger partial charge in [0.25, 0.3) is 0 Å². The smallest absolute Gasteiger partial charge is 0.305 e. The van der Waals surface area contributed by atoms with Gasteiger partial charge in [0.2, 0.25) is 0 Å². The third kappa shape index (κ3) is 3.65. The largest absolute Gasteiger partial charge is 0.466 e. The molecule has 48 valence electrons. The average molecular weight is 121 g/mol. The van der Waals surface area contributed by atoms with Gasteiger partial charge in [0.15, 0.2) is 0 Å². The van der Waals surface area contributed by atoms with Gasteiger partial charge in [-0.2, -0.15) is 0 Å². The summed E-state index contributed by atoms with van der Waals surface area (Å²) in [6.45, 7) is -4.11. The minimum Gasteiger partial charge on any atom is -0.466 e. The molecule has 2 heteroatoms. The second-order valence-corrected chi connectivity index (χ2v) is 1.33. The van der Waals surface area contributed by atoms with Crippen molar-refractivity contribution >= 4 is 5.97 Å². The van der Waals surface area contributed by atoms with Gasteiger partial charge in [0.1, 0.15) is 0 Å². The van der Waals surface area contributed by atoms with E-state index in [1.807, 2.05) is 0 Å². The predicted octanol–water partition coefficient (Wildman–Crippen LogP) is 1.35. The molecule has 0 aromatic rings. The van der Waals surface area contributed by atoms with Gasteiger partial charge in [0.05, 0.1) is 9.30 Å². The molecular weight excluding hydrogens is 104 g/mol. The fourth-order valence-corrected chi connectivity index (χ4v) is 0.312. The Morgan fingerprint density at radius 1 is 2.00 bits per heavy atom. The van der Waals surface area contributed by atoms with Crippen LogP contribution in [0.1, 0.15) is 33.5 Å². The normalized spacial score (nSPS) is 21.4. The van der Waals surface area contributed by atoms with E-state index >= 15 is 0 Å². The molecule has 0 N–H and O–H groups in total. The Morgan fingerprint density at radius 3 is 3.25 bits per heavy atom. The fourth-order valence-electron chi connectivity index (χ4n) is 0.312. The Labute approximate surface area is 56.9 Å². The SMILES string of the molecule is [2H]C([2H])([2H])C([2H])([2H])OC(=O)CCC. The van der Waals surface area contributed by atoms with E-state index in [0.717, 1.165) is 0 Å². The third-order valence-corrected chi connectivity index (χ3v) is 0.619. The van der Waals surface area contributed by atoms with Gasteiger partial charge in [0, 0.05) is 10.5 Å². The molecule has 0 saturated carbocycles. The van der Waals surface area contributed by atoms with Crippen molar-refractivity contribution in [2.45, 2.75) is 26.6 Å². The van der Waals surface area contributed by atoms with E-state index in [4.69, 9.17) is 6.85 Å². The number of esters is 1. The molecule has 8 heavy (non-hydrogen) atoms. The lowest BCUT2D eigenvalue weighted by atomic mass is 10.3. The first kappa shape index (κ1) is 2.38. The summed E-state index contributed by atoms with van der Waals surface area (Å²) in [6, 6.07) is 0. The van der Waals surface area contributed by atoms with Crippen molar-refractivity contribution in [1.82, 2.24) is 0 Å². The summed E-state index contributed by atoms with van der Waals surface area (Å²) < 4.78 is 38.3. The van der Waals surface area contributed by atoms with Gasteiger partial charge in [-0.1, -0.05) is 6.92 Å². The summed E-state index contributed by atoms with van der Waals surface area (Å²) in [5.41, 5.74) is 0. The van der Waals surface area contributed by atoms with Crippen LogP contribution in [0.3, 0.4) is 0 Å². The number of ether oxygens (including phenoxy) is 1. The minimum atomic E-state index is -2.93. The Hall–Kier alpha value is -0.530. The molecule has 0 aliphatic heterocycles. The van der Waals surface area contributed by atoms with Crippen molar-refractivity contribution in [1.29, 1.82) is 0 Å². The Balaban J connectivity index is 4.26. The van der Waals surface area contributed by atoms with Crippen molar-refractivity contribution in [2.24, 2.45) is 0 Å². The lowest BCUT2D eigenvalue weighted by Gasteiger charge is -1.96. The highest BCUT2D eigenvalue weighted by Gasteiger charge is 1.95. The number of carbonyl (C=O) groups is 1. The van der Waals surface area contributed by atoms with Crippen LogP contribution in [-0.4, -0.2) is 12.5 Å². The molecule has 0 atom stereocenters. The number of hydrogen-bond donors (Lipinski definition) is 0. The lowest BCUT2D eigenvalue weighted by molar-refractivity contribution is -0.143. The highest BCUT2D eigenvalue weighted by Crippen LogP contribution is 1.89. The summed E-state index contributed by atoms with van der Waals surface area (Å²) in [7, 11) is 0. The van der Waals surface area contributed by atoms with Crippen LogP contribution in [0.15, 0.2) is 0 Å². The van der Waals surface area contributed by atoms with Crippen molar-refractivity contribution in [3.63, 3.8) is 0 Å². The van der Waals surface area contributed by atoms with Crippen LogP contribution in [0.25, 0.3) is 0 Å². The molecule has 0 saturated heterocycles. The van der Waals surface area contributed by atoms with E-state index in [1.165, 1.54) is 0 Å². The predicted molar refractivity (Wildman–Crippen MR) is 31.5 cm³/mol. The van der Waals surface area contributed by atoms with Crippen molar-refractivity contribution < 1.29 is 16.4 Å². The molecule has 0 amide bonds. The zero-order chi connectivity index (χ0) is 10.7. The second kappa shape index (κ2) is 4.62. The van der Waals surface area contributed by atoms with Crippen molar-refractivity contribution in [3.05, 3.63) is 0 Å². The number of rotatable bonds is 3. The first-order valence-electron chi connectivity index (χ1n) is 4.92. The molecule has 2 nitrogen and oxygen atoms in total. The van der Waals surface area contributed by atoms with Gasteiger partial charge in [-0.25, -0.2) is 0 Å². The van der Waals surface area contributed by atoms with Gasteiger partial charge in [-0.15, -0.1) is 0 Å². The van der Waals surface area contributed by atoms with Crippen LogP contribution < -0.4 is 0 Å². The van der Waals surface area contributed by atoms with Gasteiger partial charge >= 0.3 is 5.97 Å². The third-order valence-electron chi connectivity index (χ3n) is 0.619. The number of carbonyl (C=O) groups excluding carboxylic acids is 1. The molecule has 0 heterocycles. The highest BCUT2D eigenvalue weighted by atomic mass is 16.5. The summed E-state index contributed by atoms with van der Waals surface area (Å²) in [4.78, 5) is 10.8. The molecule has 0 radical (unpaired) electrons. The highest BCUT2D eigenvalue weighted by molar-refractivity contribution is 5.69. The van der Waals surface area contributed by atoms with E-state index in [-0.39, 0.29) is 6.42 Å². The average Bonchev–Trinajstić information content (AvgIpc) is 1.83. The molecule has 0 fully saturated rings. The standard InChI is InChI=1S/C6H12O2/c1-3-5-6(7)8-4-2/h3-5H2,1-2H3/i2D3,4D2. The van der Waals surface area contributed by atoms with Crippen LogP contribution in [0, 0.1) is 0 Å². The van der Waals surface area contributed by atoms with E-state index < -0.39 is 19.4 Å². The van der Waals surface area contributed by atoms with Crippen LogP contribution in [0.2, 0.25) is 0 Å². The van der Waals surface area contributed by atoms with Gasteiger partial charge < -0.3 is 4.74 Å². The molecule has 0 aliphatic carbocycles. The molecule has 0 aliphatic rings. The van der Waals surface area contributed by atoms with Crippen LogP contribution in [0.5, 0.6) is 0 Å². The van der Waals surface area contributed by atoms with E-state index in [1.54, 1.807) is 6.92 Å². The zero-order valence-corrected chi connectivity index (χ0v) is 4.73. The topological polar surface area (TPSA) is 26.3 Å². The Bertz CT molecular complexity index is 186. The summed E-state index contributed by atoms with van der Waals surface area (Å²) >= 11 is 0. The Kier molecular flexibility index (Phi) is 1.37. The molecule has 0 aromatic carbocycles. The fraction of sp³-hybridized carbons (Fsp3) is 0.833. The summed E-state index contributed by atoms with van der Waals surface area (Å²) in [5, 5.41) is 0. The molecule has 0 spiro atoms. The van der Waals surface area contributed by atoms with E-state index in [9.17, 15) is 4.79 Å². The first-order chi connectivity index (χ1) is 5.70. The zero-order valence-electron chi connectivity index (χ0n) is 9.73. The van der Waals surface area contributed by atoms with Gasteiger partial charge in [-0.05, 0) is 13.3 Å². The maximum atomic E-state index is 10.8. The molecule has 0 aromatic heterocycles. The van der Waals surface area contributed by atoms with Crippen molar-refractivity contribution in [3.8, 4) is 0 Å². The molecule has 0 unspecified atom stereocenters. The monoisotopic (exact) mass is 121 g/mol. The number of hydrogen-bond acceptors (Lipinski definition) is 2. The van der Waals surface area contributed by atoms with Crippen LogP contribution in [0.4, 0.5) is 0 Å². The second-order valence-electron chi connectivity index (χ2n) is 1.33. The van der Waals surface area contributed by atoms with Gasteiger partial charge in [-0.3, -0.25) is 4.79 Å². The summed E-state index contributed by atoms with van der Waals surface area (Å²) in [5.74, 6) is -0.830.